The topological polar surface area (TPSA) is 98.7 Å². The lowest BCUT2D eigenvalue weighted by atomic mass is 9.76. The minimum Gasteiger partial charge on any atom is -0.392 e. The number of carbonyl (C=O) groups excluding carboxylic acids is 3. The van der Waals surface area contributed by atoms with E-state index in [0.29, 0.717) is 17.7 Å². The van der Waals surface area contributed by atoms with Crippen molar-refractivity contribution in [1.82, 2.24) is 10.2 Å². The summed E-state index contributed by atoms with van der Waals surface area (Å²) in [4.78, 5) is 40.7. The Kier molecular flexibility index (Phi) is 3.71. The third kappa shape index (κ3) is 1.92. The number of nitrogens with one attached hydrogen (secondary N) is 2. The maximum Gasteiger partial charge on any atom is 0.250 e. The van der Waals surface area contributed by atoms with Gasteiger partial charge in [0.05, 0.1) is 17.9 Å². The van der Waals surface area contributed by atoms with Crippen LogP contribution in [0, 0.1) is 11.8 Å². The number of rotatable bonds is 3. The molecule has 0 saturated carbocycles. The third-order valence-corrected chi connectivity index (χ3v) is 6.14. The molecule has 6 atom stereocenters. The van der Waals surface area contributed by atoms with Gasteiger partial charge in [-0.1, -0.05) is 25.1 Å². The molecule has 4 rings (SSSR count). The van der Waals surface area contributed by atoms with Crippen LogP contribution in [-0.4, -0.2) is 45.9 Å². The molecule has 1 aromatic rings. The van der Waals surface area contributed by atoms with Gasteiger partial charge in [0.1, 0.15) is 5.54 Å². The lowest BCUT2D eigenvalue weighted by Gasteiger charge is -2.31. The van der Waals surface area contributed by atoms with Crippen molar-refractivity contribution < 1.29 is 19.5 Å². The smallest absolute Gasteiger partial charge is 0.250 e. The van der Waals surface area contributed by atoms with Crippen molar-refractivity contribution in [2.45, 2.75) is 50.9 Å². The number of amides is 3. The number of para-hydroxylation sites is 1. The van der Waals surface area contributed by atoms with Gasteiger partial charge in [0.2, 0.25) is 17.7 Å². The number of anilines is 1. The van der Waals surface area contributed by atoms with E-state index in [1.54, 1.807) is 25.1 Å². The molecule has 0 bridgehead atoms. The van der Waals surface area contributed by atoms with Crippen molar-refractivity contribution >= 4 is 23.4 Å². The predicted molar refractivity (Wildman–Crippen MR) is 93.9 cm³/mol. The molecule has 1 aromatic carbocycles. The van der Waals surface area contributed by atoms with Gasteiger partial charge in [0.25, 0.3) is 0 Å². The number of imide groups is 1. The van der Waals surface area contributed by atoms with E-state index in [4.69, 9.17) is 0 Å². The molecule has 2 fully saturated rings. The lowest BCUT2D eigenvalue weighted by Crippen LogP contribution is -2.55. The van der Waals surface area contributed by atoms with E-state index in [-0.39, 0.29) is 23.8 Å². The molecule has 3 amide bonds. The highest BCUT2D eigenvalue weighted by Crippen LogP contribution is 2.53. The molecule has 3 heterocycles. The van der Waals surface area contributed by atoms with Crippen molar-refractivity contribution in [2.24, 2.45) is 11.8 Å². The Morgan fingerprint density at radius 3 is 2.54 bits per heavy atom. The van der Waals surface area contributed by atoms with Crippen molar-refractivity contribution in [3.8, 4) is 0 Å². The molecule has 3 aliphatic rings. The van der Waals surface area contributed by atoms with E-state index in [9.17, 15) is 19.5 Å². The van der Waals surface area contributed by atoms with Crippen LogP contribution in [0.3, 0.4) is 0 Å². The van der Waals surface area contributed by atoms with E-state index < -0.39 is 29.5 Å². The summed E-state index contributed by atoms with van der Waals surface area (Å²) >= 11 is 0. The zero-order chi connectivity index (χ0) is 18.8. The van der Waals surface area contributed by atoms with Crippen LogP contribution in [0.2, 0.25) is 0 Å². The molecular formula is C19H23N3O4. The minimum absolute atomic E-state index is 0.244. The number of carbonyl (C=O) groups is 3. The van der Waals surface area contributed by atoms with Crippen LogP contribution < -0.4 is 10.6 Å². The maximum atomic E-state index is 13.3. The number of likely N-dealkylation sites (tertiary alicyclic amines) is 1. The summed E-state index contributed by atoms with van der Waals surface area (Å²) in [5.41, 5.74) is -0.0229. The first-order valence-electron chi connectivity index (χ1n) is 9.08. The molecule has 3 N–H and O–H groups in total. The van der Waals surface area contributed by atoms with Crippen LogP contribution >= 0.6 is 0 Å². The minimum atomic E-state index is -1.32. The second-order valence-electron chi connectivity index (χ2n) is 7.53. The Morgan fingerprint density at radius 1 is 1.19 bits per heavy atom. The highest BCUT2D eigenvalue weighted by atomic mass is 16.3. The SMILES string of the molecule is CC[C@H](C)N1C(=O)[C@@H]2[C@H]([C@H](C)O)N[C@]3(C(=O)Nc4ccccc43)[C@@H]2C1=O. The fraction of sp³-hybridized carbons (Fsp3) is 0.526. The van der Waals surface area contributed by atoms with Crippen molar-refractivity contribution in [3.05, 3.63) is 29.8 Å². The van der Waals surface area contributed by atoms with E-state index in [2.05, 4.69) is 10.6 Å². The molecule has 3 aliphatic heterocycles. The van der Waals surface area contributed by atoms with Crippen LogP contribution in [0.25, 0.3) is 0 Å². The normalized spacial score (nSPS) is 34.8. The van der Waals surface area contributed by atoms with E-state index >= 15 is 0 Å². The summed E-state index contributed by atoms with van der Waals surface area (Å²) in [6, 6.07) is 6.28. The first-order valence-corrected chi connectivity index (χ1v) is 9.08. The summed E-state index contributed by atoms with van der Waals surface area (Å²) in [5.74, 6) is -2.59. The summed E-state index contributed by atoms with van der Waals surface area (Å²) in [6.45, 7) is 5.32. The lowest BCUT2D eigenvalue weighted by molar-refractivity contribution is -0.145. The number of hydrogen-bond acceptors (Lipinski definition) is 5. The maximum absolute atomic E-state index is 13.3. The van der Waals surface area contributed by atoms with Crippen molar-refractivity contribution in [2.75, 3.05) is 5.32 Å². The summed E-state index contributed by atoms with van der Waals surface area (Å²) in [7, 11) is 0. The number of nitrogens with zero attached hydrogens (tertiary/aromatic N) is 1. The fourth-order valence-corrected chi connectivity index (χ4v) is 4.74. The summed E-state index contributed by atoms with van der Waals surface area (Å²) < 4.78 is 0. The van der Waals surface area contributed by atoms with E-state index in [0.717, 1.165) is 0 Å². The first-order chi connectivity index (χ1) is 12.3. The zero-order valence-corrected chi connectivity index (χ0v) is 15.0. The number of hydrogen-bond donors (Lipinski definition) is 3. The Morgan fingerprint density at radius 2 is 1.88 bits per heavy atom. The summed E-state index contributed by atoms with van der Waals surface area (Å²) in [5, 5.41) is 16.3. The number of aliphatic hydroxyl groups excluding tert-OH is 1. The molecule has 0 aromatic heterocycles. The van der Waals surface area contributed by atoms with Gasteiger partial charge in [0, 0.05) is 23.3 Å². The molecule has 138 valence electrons. The molecule has 7 heteroatoms. The second kappa shape index (κ2) is 5.62. The van der Waals surface area contributed by atoms with Gasteiger partial charge in [-0.25, -0.2) is 0 Å². The molecule has 0 unspecified atom stereocenters. The van der Waals surface area contributed by atoms with Gasteiger partial charge in [-0.2, -0.15) is 0 Å². The highest BCUT2D eigenvalue weighted by Gasteiger charge is 2.71. The van der Waals surface area contributed by atoms with Gasteiger partial charge in [0.15, 0.2) is 0 Å². The highest BCUT2D eigenvalue weighted by molar-refractivity contribution is 6.15. The van der Waals surface area contributed by atoms with Crippen LogP contribution in [0.1, 0.15) is 32.8 Å². The van der Waals surface area contributed by atoms with Crippen LogP contribution in [0.15, 0.2) is 24.3 Å². The van der Waals surface area contributed by atoms with E-state index in [1.807, 2.05) is 19.9 Å². The van der Waals surface area contributed by atoms with Crippen LogP contribution in [0.5, 0.6) is 0 Å². The molecular weight excluding hydrogens is 334 g/mol. The predicted octanol–water partition coefficient (Wildman–Crippen LogP) is 0.586. The number of benzene rings is 1. The number of fused-ring (bicyclic) bond motifs is 4. The largest absolute Gasteiger partial charge is 0.392 e. The molecule has 0 radical (unpaired) electrons. The number of aliphatic hydroxyl groups is 1. The molecule has 0 aliphatic carbocycles. The Balaban J connectivity index is 1.90. The Hall–Kier alpha value is -2.25. The van der Waals surface area contributed by atoms with Gasteiger partial charge < -0.3 is 10.4 Å². The Bertz CT molecular complexity index is 808. The first kappa shape index (κ1) is 17.2. The quantitative estimate of drug-likeness (QED) is 0.688. The molecule has 2 saturated heterocycles. The van der Waals surface area contributed by atoms with Crippen molar-refractivity contribution in [1.29, 1.82) is 0 Å². The molecule has 7 nitrogen and oxygen atoms in total. The molecule has 1 spiro atoms. The molecule has 26 heavy (non-hydrogen) atoms. The van der Waals surface area contributed by atoms with Crippen molar-refractivity contribution in [3.63, 3.8) is 0 Å². The monoisotopic (exact) mass is 357 g/mol. The standard InChI is InChI=1S/C19H23N3O4/c1-4-9(2)22-16(24)13-14(17(22)25)19(21-15(13)10(3)23)11-7-5-6-8-12(11)20-18(19)26/h5-10,13-15,21,23H,4H2,1-3H3,(H,20,26)/t9-,10-,13-,14-,15-,19-/m0/s1. The summed E-state index contributed by atoms with van der Waals surface area (Å²) in [6.07, 6.45) is -0.240. The van der Waals surface area contributed by atoms with Gasteiger partial charge in [-0.3, -0.25) is 24.6 Å². The average molecular weight is 357 g/mol. The van der Waals surface area contributed by atoms with E-state index in [1.165, 1.54) is 4.90 Å². The second-order valence-corrected chi connectivity index (χ2v) is 7.53. The van der Waals surface area contributed by atoms with Crippen LogP contribution in [0.4, 0.5) is 5.69 Å². The zero-order valence-electron chi connectivity index (χ0n) is 15.0. The van der Waals surface area contributed by atoms with Gasteiger partial charge >= 0.3 is 0 Å². The fourth-order valence-electron chi connectivity index (χ4n) is 4.74. The van der Waals surface area contributed by atoms with Gasteiger partial charge in [-0.15, -0.1) is 0 Å². The third-order valence-electron chi connectivity index (χ3n) is 6.14. The van der Waals surface area contributed by atoms with Crippen LogP contribution in [-0.2, 0) is 19.9 Å². The average Bonchev–Trinajstić information content (AvgIpc) is 3.20. The Labute approximate surface area is 151 Å². The van der Waals surface area contributed by atoms with Gasteiger partial charge in [-0.05, 0) is 26.3 Å².